The second-order valence-electron chi connectivity index (χ2n) is 3.80. The topological polar surface area (TPSA) is 43.1 Å². The molecule has 0 spiro atoms. The Morgan fingerprint density at radius 2 is 1.83 bits per heavy atom. The quantitative estimate of drug-likeness (QED) is 0.869. The zero-order valence-electron chi connectivity index (χ0n) is 9.40. The molecule has 0 aliphatic heterocycles. The van der Waals surface area contributed by atoms with Crippen molar-refractivity contribution in [1.82, 2.24) is 0 Å². The van der Waals surface area contributed by atoms with Gasteiger partial charge in [0.15, 0.2) is 0 Å². The fourth-order valence-corrected chi connectivity index (χ4v) is 2.75. The molecule has 2 aromatic carbocycles. The van der Waals surface area contributed by atoms with Crippen molar-refractivity contribution in [3.8, 4) is 0 Å². The minimum atomic E-state index is -1.53. The maximum absolute atomic E-state index is 13.4. The molecule has 5 heteroatoms. The van der Waals surface area contributed by atoms with Crippen LogP contribution in [-0.2, 0) is 16.6 Å². The van der Waals surface area contributed by atoms with Gasteiger partial charge in [0.2, 0.25) is 0 Å². The first-order valence-electron chi connectivity index (χ1n) is 5.24. The molecule has 2 aromatic rings. The first kappa shape index (κ1) is 12.7. The standard InChI is InChI=1S/C13H11F2NOS/c14-10-5-11(16)7-12(6-10)18(17)8-9-3-1-2-4-13(9)15/h1-7H,8,16H2. The van der Waals surface area contributed by atoms with Crippen LogP contribution in [0.3, 0.4) is 0 Å². The Balaban J connectivity index is 2.25. The van der Waals surface area contributed by atoms with E-state index in [9.17, 15) is 13.0 Å². The lowest BCUT2D eigenvalue weighted by atomic mass is 10.2. The van der Waals surface area contributed by atoms with Gasteiger partial charge in [-0.25, -0.2) is 8.78 Å². The second kappa shape index (κ2) is 5.27. The van der Waals surface area contributed by atoms with Gasteiger partial charge in [0.25, 0.3) is 0 Å². The van der Waals surface area contributed by atoms with Crippen molar-refractivity contribution in [1.29, 1.82) is 0 Å². The summed E-state index contributed by atoms with van der Waals surface area (Å²) in [5.74, 6) is -0.975. The monoisotopic (exact) mass is 267 g/mol. The van der Waals surface area contributed by atoms with Crippen LogP contribution in [0.5, 0.6) is 0 Å². The lowest BCUT2D eigenvalue weighted by Crippen LogP contribution is -2.00. The number of hydrogen-bond acceptors (Lipinski definition) is 2. The van der Waals surface area contributed by atoms with Crippen molar-refractivity contribution in [2.75, 3.05) is 5.73 Å². The third-order valence-corrected chi connectivity index (χ3v) is 3.74. The minimum Gasteiger partial charge on any atom is -0.399 e. The largest absolute Gasteiger partial charge is 0.399 e. The zero-order chi connectivity index (χ0) is 13.1. The van der Waals surface area contributed by atoms with E-state index < -0.39 is 22.4 Å². The first-order valence-corrected chi connectivity index (χ1v) is 6.56. The molecule has 0 heterocycles. The summed E-state index contributed by atoms with van der Waals surface area (Å²) < 4.78 is 38.5. The molecule has 94 valence electrons. The Morgan fingerprint density at radius 3 is 2.50 bits per heavy atom. The zero-order valence-corrected chi connectivity index (χ0v) is 10.2. The summed E-state index contributed by atoms with van der Waals surface area (Å²) in [7, 11) is -1.53. The normalized spacial score (nSPS) is 12.3. The fraction of sp³-hybridized carbons (Fsp3) is 0.0769. The average Bonchev–Trinajstić information content (AvgIpc) is 2.31. The third kappa shape index (κ3) is 2.92. The van der Waals surface area contributed by atoms with Gasteiger partial charge >= 0.3 is 0 Å². The van der Waals surface area contributed by atoms with E-state index in [2.05, 4.69) is 0 Å². The van der Waals surface area contributed by atoms with E-state index in [4.69, 9.17) is 5.73 Å². The van der Waals surface area contributed by atoms with E-state index in [-0.39, 0.29) is 16.3 Å². The summed E-state index contributed by atoms with van der Waals surface area (Å²) in [4.78, 5) is 0.260. The van der Waals surface area contributed by atoms with Gasteiger partial charge in [-0.1, -0.05) is 18.2 Å². The number of nitrogen functional groups attached to an aromatic ring is 1. The van der Waals surface area contributed by atoms with Crippen LogP contribution >= 0.6 is 0 Å². The van der Waals surface area contributed by atoms with Gasteiger partial charge in [-0.15, -0.1) is 0 Å². The fourth-order valence-electron chi connectivity index (χ4n) is 1.56. The Bertz CT molecular complexity index is 581. The number of benzene rings is 2. The molecule has 0 amide bonds. The van der Waals surface area contributed by atoms with Crippen LogP contribution in [0.25, 0.3) is 0 Å². The highest BCUT2D eigenvalue weighted by atomic mass is 32.2. The minimum absolute atomic E-state index is 0.00440. The molecular weight excluding hydrogens is 256 g/mol. The van der Waals surface area contributed by atoms with E-state index in [1.807, 2.05) is 0 Å². The summed E-state index contributed by atoms with van der Waals surface area (Å²) in [6.07, 6.45) is 0. The van der Waals surface area contributed by atoms with Gasteiger partial charge in [-0.2, -0.15) is 0 Å². The molecule has 0 aliphatic carbocycles. The molecule has 18 heavy (non-hydrogen) atoms. The molecule has 0 saturated carbocycles. The van der Waals surface area contributed by atoms with Gasteiger partial charge < -0.3 is 5.73 Å². The predicted molar refractivity (Wildman–Crippen MR) is 67.3 cm³/mol. The molecule has 1 unspecified atom stereocenters. The summed E-state index contributed by atoms with van der Waals surface area (Å²) in [6, 6.07) is 9.79. The molecule has 0 saturated heterocycles. The smallest absolute Gasteiger partial charge is 0.127 e. The van der Waals surface area contributed by atoms with Crippen molar-refractivity contribution < 1.29 is 13.0 Å². The Morgan fingerprint density at radius 1 is 1.11 bits per heavy atom. The van der Waals surface area contributed by atoms with Gasteiger partial charge in [0.1, 0.15) is 11.6 Å². The number of rotatable bonds is 3. The molecule has 0 aliphatic rings. The summed E-state index contributed by atoms with van der Waals surface area (Å²) >= 11 is 0. The Hall–Kier alpha value is -1.75. The van der Waals surface area contributed by atoms with Gasteiger partial charge in [-0.05, 0) is 24.3 Å². The number of hydrogen-bond donors (Lipinski definition) is 1. The van der Waals surface area contributed by atoms with E-state index >= 15 is 0 Å². The highest BCUT2D eigenvalue weighted by Crippen LogP contribution is 2.18. The van der Waals surface area contributed by atoms with Crippen molar-refractivity contribution in [2.24, 2.45) is 0 Å². The SMILES string of the molecule is Nc1cc(F)cc(S(=O)Cc2ccccc2F)c1. The maximum atomic E-state index is 13.4. The molecule has 2 nitrogen and oxygen atoms in total. The number of anilines is 1. The Kier molecular flexibility index (Phi) is 3.72. The lowest BCUT2D eigenvalue weighted by molar-refractivity contribution is 0.614. The van der Waals surface area contributed by atoms with E-state index in [1.165, 1.54) is 12.1 Å². The first-order chi connectivity index (χ1) is 8.56. The molecule has 0 aromatic heterocycles. The van der Waals surface area contributed by atoms with Gasteiger partial charge in [0.05, 0.1) is 16.6 Å². The molecule has 0 fully saturated rings. The maximum Gasteiger partial charge on any atom is 0.127 e. The van der Waals surface area contributed by atoms with Crippen LogP contribution in [0.1, 0.15) is 5.56 Å². The highest BCUT2D eigenvalue weighted by molar-refractivity contribution is 7.84. The van der Waals surface area contributed by atoms with Crippen LogP contribution in [0.4, 0.5) is 14.5 Å². The van der Waals surface area contributed by atoms with Crippen LogP contribution < -0.4 is 5.73 Å². The molecule has 2 N–H and O–H groups in total. The lowest BCUT2D eigenvalue weighted by Gasteiger charge is -2.05. The van der Waals surface area contributed by atoms with Crippen LogP contribution in [0.2, 0.25) is 0 Å². The summed E-state index contributed by atoms with van der Waals surface area (Å²) in [5, 5.41) is 0. The summed E-state index contributed by atoms with van der Waals surface area (Å²) in [6.45, 7) is 0. The third-order valence-electron chi connectivity index (χ3n) is 2.40. The molecule has 1 atom stereocenters. The Labute approximate surface area is 106 Å². The van der Waals surface area contributed by atoms with E-state index in [1.54, 1.807) is 18.2 Å². The predicted octanol–water partition coefficient (Wildman–Crippen LogP) is 2.85. The van der Waals surface area contributed by atoms with Crippen LogP contribution in [-0.4, -0.2) is 4.21 Å². The van der Waals surface area contributed by atoms with Crippen molar-refractivity contribution >= 4 is 16.5 Å². The van der Waals surface area contributed by atoms with Crippen LogP contribution in [0, 0.1) is 11.6 Å². The van der Waals surface area contributed by atoms with Crippen molar-refractivity contribution in [3.63, 3.8) is 0 Å². The van der Waals surface area contributed by atoms with Crippen LogP contribution in [0.15, 0.2) is 47.4 Å². The van der Waals surface area contributed by atoms with Gasteiger partial charge in [0, 0.05) is 16.1 Å². The van der Waals surface area contributed by atoms with Gasteiger partial charge in [-0.3, -0.25) is 4.21 Å². The van der Waals surface area contributed by atoms with E-state index in [0.29, 0.717) is 5.56 Å². The number of halogens is 2. The van der Waals surface area contributed by atoms with E-state index in [0.717, 1.165) is 12.1 Å². The summed E-state index contributed by atoms with van der Waals surface area (Å²) in [5.41, 5.74) is 6.00. The molecule has 0 radical (unpaired) electrons. The van der Waals surface area contributed by atoms with Crippen molar-refractivity contribution in [3.05, 3.63) is 59.7 Å². The average molecular weight is 267 g/mol. The molecule has 0 bridgehead atoms. The number of nitrogens with two attached hydrogens (primary N) is 1. The second-order valence-corrected chi connectivity index (χ2v) is 5.25. The molecule has 2 rings (SSSR count). The molecular formula is C13H11F2NOS. The highest BCUT2D eigenvalue weighted by Gasteiger charge is 2.10. The van der Waals surface area contributed by atoms with Crippen molar-refractivity contribution in [2.45, 2.75) is 10.6 Å².